The first-order valence-electron chi connectivity index (χ1n) is 3.25. The molecule has 0 aliphatic carbocycles. The molecule has 62 valence electrons. The van der Waals surface area contributed by atoms with E-state index in [4.69, 9.17) is 4.74 Å². The minimum absolute atomic E-state index is 0.338. The fraction of sp³-hybridized carbons (Fsp3) is 0.143. The lowest BCUT2D eigenvalue weighted by atomic mass is 10.2. The zero-order valence-corrected chi connectivity index (χ0v) is 7.03. The minimum atomic E-state index is -0.367. The van der Waals surface area contributed by atoms with E-state index in [-0.39, 0.29) is 11.8 Å². The van der Waals surface area contributed by atoms with Gasteiger partial charge in [0.15, 0.2) is 5.06 Å². The molecule has 0 atom stereocenters. The number of carbonyl (C=O) groups excluding carboxylic acids is 2. The van der Waals surface area contributed by atoms with Crippen LogP contribution in [0.1, 0.15) is 20.7 Å². The number of ether oxygens (including phenoxy) is 1. The first-order chi connectivity index (χ1) is 5.74. The van der Waals surface area contributed by atoms with E-state index in [9.17, 15) is 9.59 Å². The van der Waals surface area contributed by atoms with Crippen LogP contribution in [-0.2, 0) is 0 Å². The first kappa shape index (κ1) is 7.30. The van der Waals surface area contributed by atoms with Crippen molar-refractivity contribution < 1.29 is 14.3 Å². The molecule has 5 heteroatoms. The van der Waals surface area contributed by atoms with Crippen molar-refractivity contribution in [2.75, 3.05) is 7.11 Å². The molecule has 0 saturated carbocycles. The van der Waals surface area contributed by atoms with Gasteiger partial charge >= 0.3 is 0 Å². The molecular formula is C7H5NO3S. The zero-order chi connectivity index (χ0) is 8.72. The molecule has 0 unspecified atom stereocenters. The molecule has 0 bridgehead atoms. The SMILES string of the molecule is COc1scc2c1C(=O)NC2=O. The zero-order valence-electron chi connectivity index (χ0n) is 6.21. The molecule has 4 nitrogen and oxygen atoms in total. The fourth-order valence-corrected chi connectivity index (χ4v) is 1.97. The second kappa shape index (κ2) is 2.31. The van der Waals surface area contributed by atoms with Gasteiger partial charge in [0.1, 0.15) is 5.56 Å². The number of fused-ring (bicyclic) bond motifs is 1. The highest BCUT2D eigenvalue weighted by Crippen LogP contribution is 2.32. The van der Waals surface area contributed by atoms with Gasteiger partial charge in [0.2, 0.25) is 0 Å². The average molecular weight is 183 g/mol. The number of hydrogen-bond donors (Lipinski definition) is 1. The molecular weight excluding hydrogens is 178 g/mol. The van der Waals surface area contributed by atoms with Crippen molar-refractivity contribution in [3.8, 4) is 5.06 Å². The molecule has 0 saturated heterocycles. The maximum Gasteiger partial charge on any atom is 0.263 e. The molecule has 1 N–H and O–H groups in total. The summed E-state index contributed by atoms with van der Waals surface area (Å²) in [4.78, 5) is 22.1. The number of methoxy groups -OCH3 is 1. The van der Waals surface area contributed by atoms with E-state index in [2.05, 4.69) is 5.32 Å². The van der Waals surface area contributed by atoms with Crippen molar-refractivity contribution in [2.24, 2.45) is 0 Å². The summed E-state index contributed by atoms with van der Waals surface area (Å²) in [6.45, 7) is 0. The van der Waals surface area contributed by atoms with Gasteiger partial charge in [0.25, 0.3) is 11.8 Å². The number of rotatable bonds is 1. The highest BCUT2D eigenvalue weighted by Gasteiger charge is 2.31. The summed E-state index contributed by atoms with van der Waals surface area (Å²) in [7, 11) is 1.47. The summed E-state index contributed by atoms with van der Waals surface area (Å²) in [6.07, 6.45) is 0. The van der Waals surface area contributed by atoms with Crippen molar-refractivity contribution in [1.29, 1.82) is 0 Å². The number of amides is 2. The van der Waals surface area contributed by atoms with Gasteiger partial charge in [-0.25, -0.2) is 0 Å². The lowest BCUT2D eigenvalue weighted by Gasteiger charge is -1.94. The molecule has 1 aromatic rings. The van der Waals surface area contributed by atoms with Crippen LogP contribution in [0, 0.1) is 0 Å². The van der Waals surface area contributed by atoms with Crippen LogP contribution in [0.3, 0.4) is 0 Å². The van der Waals surface area contributed by atoms with Gasteiger partial charge in [-0.05, 0) is 0 Å². The third kappa shape index (κ3) is 0.767. The van der Waals surface area contributed by atoms with Crippen LogP contribution in [0.25, 0.3) is 0 Å². The molecule has 0 fully saturated rings. The van der Waals surface area contributed by atoms with Crippen molar-refractivity contribution >= 4 is 23.2 Å². The molecule has 0 aromatic carbocycles. The van der Waals surface area contributed by atoms with Crippen LogP contribution in [0.4, 0.5) is 0 Å². The van der Waals surface area contributed by atoms with Gasteiger partial charge in [-0.2, -0.15) is 0 Å². The predicted octanol–water partition coefficient (Wildman–Crippen LogP) is 0.640. The van der Waals surface area contributed by atoms with Gasteiger partial charge < -0.3 is 4.74 Å². The molecule has 2 rings (SSSR count). The Kier molecular flexibility index (Phi) is 1.41. The average Bonchev–Trinajstić information content (AvgIpc) is 2.55. The molecule has 1 aliphatic heterocycles. The van der Waals surface area contributed by atoms with Crippen molar-refractivity contribution in [3.05, 3.63) is 16.5 Å². The molecule has 0 spiro atoms. The highest BCUT2D eigenvalue weighted by atomic mass is 32.1. The van der Waals surface area contributed by atoms with E-state index in [1.165, 1.54) is 18.4 Å². The van der Waals surface area contributed by atoms with Crippen molar-refractivity contribution in [3.63, 3.8) is 0 Å². The van der Waals surface area contributed by atoms with E-state index in [1.54, 1.807) is 5.38 Å². The Morgan fingerprint density at radius 1 is 1.42 bits per heavy atom. The summed E-state index contributed by atoms with van der Waals surface area (Å²) >= 11 is 1.26. The number of nitrogens with one attached hydrogen (secondary N) is 1. The topological polar surface area (TPSA) is 55.4 Å². The normalized spacial score (nSPS) is 14.4. The summed E-state index contributed by atoms with van der Waals surface area (Å²) < 4.78 is 4.92. The van der Waals surface area contributed by atoms with Crippen LogP contribution in [0.15, 0.2) is 5.38 Å². The van der Waals surface area contributed by atoms with Crippen LogP contribution in [0.5, 0.6) is 5.06 Å². The predicted molar refractivity (Wildman–Crippen MR) is 42.7 cm³/mol. The van der Waals surface area contributed by atoms with Gasteiger partial charge in [0, 0.05) is 5.38 Å². The summed E-state index contributed by atoms with van der Waals surface area (Å²) in [6, 6.07) is 0. The van der Waals surface area contributed by atoms with Crippen LogP contribution >= 0.6 is 11.3 Å². The lowest BCUT2D eigenvalue weighted by Crippen LogP contribution is -2.20. The summed E-state index contributed by atoms with van der Waals surface area (Å²) in [5.74, 6) is -0.706. The molecule has 1 aliphatic rings. The number of thiophene rings is 1. The van der Waals surface area contributed by atoms with Gasteiger partial charge in [-0.15, -0.1) is 11.3 Å². The van der Waals surface area contributed by atoms with Gasteiger partial charge in [-0.3, -0.25) is 14.9 Å². The Bertz CT molecular complexity index is 369. The van der Waals surface area contributed by atoms with Gasteiger partial charge in [-0.1, -0.05) is 0 Å². The second-order valence-corrected chi connectivity index (χ2v) is 3.14. The fourth-order valence-electron chi connectivity index (χ4n) is 1.11. The number of hydrogen-bond acceptors (Lipinski definition) is 4. The highest BCUT2D eigenvalue weighted by molar-refractivity contribution is 7.12. The van der Waals surface area contributed by atoms with Crippen molar-refractivity contribution in [2.45, 2.75) is 0 Å². The number of carbonyl (C=O) groups is 2. The summed E-state index contributed by atoms with van der Waals surface area (Å²) in [5.41, 5.74) is 0.786. The van der Waals surface area contributed by atoms with E-state index in [0.717, 1.165) is 0 Å². The smallest absolute Gasteiger partial charge is 0.263 e. The van der Waals surface area contributed by atoms with E-state index >= 15 is 0 Å². The van der Waals surface area contributed by atoms with Crippen LogP contribution < -0.4 is 10.1 Å². The Balaban J connectivity index is 2.63. The molecule has 0 radical (unpaired) electrons. The Morgan fingerprint density at radius 3 is 2.83 bits per heavy atom. The largest absolute Gasteiger partial charge is 0.487 e. The van der Waals surface area contributed by atoms with Gasteiger partial charge in [0.05, 0.1) is 12.7 Å². The second-order valence-electron chi connectivity index (χ2n) is 2.30. The van der Waals surface area contributed by atoms with E-state index in [1.807, 2.05) is 0 Å². The van der Waals surface area contributed by atoms with E-state index < -0.39 is 0 Å². The summed E-state index contributed by atoms with van der Waals surface area (Å²) in [5, 5.41) is 4.30. The lowest BCUT2D eigenvalue weighted by molar-refractivity contribution is 0.0879. The Morgan fingerprint density at radius 2 is 2.17 bits per heavy atom. The molecule has 1 aromatic heterocycles. The Hall–Kier alpha value is -1.36. The minimum Gasteiger partial charge on any atom is -0.487 e. The maximum absolute atomic E-state index is 11.1. The quantitative estimate of drug-likeness (QED) is 0.650. The molecule has 2 amide bonds. The monoisotopic (exact) mass is 183 g/mol. The van der Waals surface area contributed by atoms with Crippen LogP contribution in [0.2, 0.25) is 0 Å². The first-order valence-corrected chi connectivity index (χ1v) is 4.13. The number of imide groups is 1. The third-order valence-corrected chi connectivity index (χ3v) is 2.58. The molecule has 12 heavy (non-hydrogen) atoms. The standard InChI is InChI=1S/C7H5NO3S/c1-11-7-4-3(2-12-7)5(9)8-6(4)10/h2H,1H3,(H,8,9,10). The van der Waals surface area contributed by atoms with Crippen molar-refractivity contribution in [1.82, 2.24) is 5.32 Å². The third-order valence-electron chi connectivity index (χ3n) is 1.64. The van der Waals surface area contributed by atoms with Crippen LogP contribution in [-0.4, -0.2) is 18.9 Å². The maximum atomic E-state index is 11.1. The Labute approximate surface area is 72.1 Å². The van der Waals surface area contributed by atoms with E-state index in [0.29, 0.717) is 16.2 Å². The molecule has 2 heterocycles.